The van der Waals surface area contributed by atoms with Crippen LogP contribution in [0.2, 0.25) is 0 Å². The second-order valence-corrected chi connectivity index (χ2v) is 13.0. The maximum atomic E-state index is 13.7. The molecule has 3 aromatic carbocycles. The number of carbonyl (C=O) groups is 1. The normalized spacial score (nSPS) is 21.4. The lowest BCUT2D eigenvalue weighted by atomic mass is 9.91. The van der Waals surface area contributed by atoms with E-state index in [2.05, 4.69) is 28.4 Å². The standard InChI is InChI=1S/C32H37N3O5S/c36-32(33-21-26-12-15-40-31-18-24(10-11-30(26)31)22-34-13-16-39-17-14-34)20-28-19-25-6-4-5-7-27(25)23-35(28)41(37,38)29-8-2-1-3-9-29/h1-11,18,26,28H,12-17,19-23H2,(H,33,36). The zero-order valence-corrected chi connectivity index (χ0v) is 24.0. The van der Waals surface area contributed by atoms with Gasteiger partial charge in [0.25, 0.3) is 0 Å². The van der Waals surface area contributed by atoms with Gasteiger partial charge in [-0.05, 0) is 53.3 Å². The molecule has 6 rings (SSSR count). The number of hydrogen-bond donors (Lipinski definition) is 1. The maximum Gasteiger partial charge on any atom is 0.243 e. The Hall–Kier alpha value is -3.24. The summed E-state index contributed by atoms with van der Waals surface area (Å²) >= 11 is 0. The van der Waals surface area contributed by atoms with Crippen molar-refractivity contribution >= 4 is 15.9 Å². The molecule has 1 N–H and O–H groups in total. The lowest BCUT2D eigenvalue weighted by molar-refractivity contribution is -0.122. The van der Waals surface area contributed by atoms with Gasteiger partial charge in [0, 0.05) is 51.1 Å². The van der Waals surface area contributed by atoms with Gasteiger partial charge in [0.05, 0.1) is 24.7 Å². The predicted octanol–water partition coefficient (Wildman–Crippen LogP) is 3.71. The van der Waals surface area contributed by atoms with Crippen LogP contribution in [-0.2, 0) is 39.1 Å². The molecule has 9 heteroatoms. The zero-order valence-electron chi connectivity index (χ0n) is 23.2. The molecule has 0 spiro atoms. The van der Waals surface area contributed by atoms with E-state index in [-0.39, 0.29) is 29.7 Å². The van der Waals surface area contributed by atoms with Crippen LogP contribution in [0.4, 0.5) is 0 Å². The average Bonchev–Trinajstić information content (AvgIpc) is 3.00. The number of sulfonamides is 1. The molecule has 1 amide bonds. The summed E-state index contributed by atoms with van der Waals surface area (Å²) < 4.78 is 40.3. The van der Waals surface area contributed by atoms with Crippen LogP contribution in [0.15, 0.2) is 77.7 Å². The van der Waals surface area contributed by atoms with Crippen molar-refractivity contribution in [2.24, 2.45) is 0 Å². The van der Waals surface area contributed by atoms with Gasteiger partial charge < -0.3 is 14.8 Å². The Bertz CT molecular complexity index is 1470. The van der Waals surface area contributed by atoms with Crippen LogP contribution in [0.25, 0.3) is 0 Å². The Balaban J connectivity index is 1.13. The van der Waals surface area contributed by atoms with Crippen LogP contribution in [0.5, 0.6) is 5.75 Å². The Kier molecular flexibility index (Phi) is 8.39. The monoisotopic (exact) mass is 575 g/mol. The number of nitrogens with one attached hydrogen (secondary N) is 1. The number of nitrogens with zero attached hydrogens (tertiary/aromatic N) is 2. The van der Waals surface area contributed by atoms with Crippen LogP contribution >= 0.6 is 0 Å². The molecule has 1 fully saturated rings. The zero-order chi connectivity index (χ0) is 28.2. The number of fused-ring (bicyclic) bond motifs is 2. The van der Waals surface area contributed by atoms with Gasteiger partial charge in [0.2, 0.25) is 15.9 Å². The molecule has 0 saturated carbocycles. The molecular formula is C32H37N3O5S. The number of hydrogen-bond acceptors (Lipinski definition) is 6. The predicted molar refractivity (Wildman–Crippen MR) is 156 cm³/mol. The Morgan fingerprint density at radius 3 is 2.49 bits per heavy atom. The minimum atomic E-state index is -3.76. The lowest BCUT2D eigenvalue weighted by Gasteiger charge is -2.36. The van der Waals surface area contributed by atoms with E-state index >= 15 is 0 Å². The minimum Gasteiger partial charge on any atom is -0.493 e. The fourth-order valence-corrected chi connectivity index (χ4v) is 7.73. The van der Waals surface area contributed by atoms with E-state index in [0.717, 1.165) is 61.7 Å². The number of rotatable bonds is 8. The van der Waals surface area contributed by atoms with Crippen molar-refractivity contribution in [2.45, 2.75) is 49.2 Å². The van der Waals surface area contributed by atoms with Crippen molar-refractivity contribution in [3.05, 3.63) is 95.1 Å². The van der Waals surface area contributed by atoms with E-state index in [0.29, 0.717) is 19.6 Å². The molecule has 8 nitrogen and oxygen atoms in total. The SMILES string of the molecule is O=C(CC1Cc2ccccc2CN1S(=O)(=O)c1ccccc1)NCC1CCOc2cc(CN3CCOCC3)ccc21. The van der Waals surface area contributed by atoms with Crippen molar-refractivity contribution in [1.82, 2.24) is 14.5 Å². The van der Waals surface area contributed by atoms with Crippen LogP contribution in [-0.4, -0.2) is 69.0 Å². The fraction of sp³-hybridized carbons (Fsp3) is 0.406. The average molecular weight is 576 g/mol. The third kappa shape index (κ3) is 6.33. The molecule has 0 bridgehead atoms. The highest BCUT2D eigenvalue weighted by molar-refractivity contribution is 7.89. The summed E-state index contributed by atoms with van der Waals surface area (Å²) in [7, 11) is -3.76. The quantitative estimate of drug-likeness (QED) is 0.441. The van der Waals surface area contributed by atoms with Crippen LogP contribution in [0, 0.1) is 0 Å². The molecule has 0 aliphatic carbocycles. The van der Waals surface area contributed by atoms with Crippen molar-refractivity contribution in [1.29, 1.82) is 0 Å². The van der Waals surface area contributed by atoms with E-state index in [1.165, 1.54) is 9.87 Å². The first-order chi connectivity index (χ1) is 20.0. The Morgan fingerprint density at radius 2 is 1.68 bits per heavy atom. The molecule has 41 heavy (non-hydrogen) atoms. The van der Waals surface area contributed by atoms with Crippen LogP contribution in [0.1, 0.15) is 41.0 Å². The summed E-state index contributed by atoms with van der Waals surface area (Å²) in [5.74, 6) is 0.904. The summed E-state index contributed by atoms with van der Waals surface area (Å²) in [5, 5.41) is 3.12. The maximum absolute atomic E-state index is 13.7. The first kappa shape index (κ1) is 27.9. The molecule has 3 heterocycles. The van der Waals surface area contributed by atoms with E-state index < -0.39 is 16.1 Å². The van der Waals surface area contributed by atoms with Gasteiger partial charge in [-0.1, -0.05) is 54.6 Å². The topological polar surface area (TPSA) is 88.2 Å². The number of carbonyl (C=O) groups excluding carboxylic acids is 1. The third-order valence-corrected chi connectivity index (χ3v) is 10.3. The Morgan fingerprint density at radius 1 is 0.927 bits per heavy atom. The van der Waals surface area contributed by atoms with E-state index in [4.69, 9.17) is 9.47 Å². The highest BCUT2D eigenvalue weighted by Crippen LogP contribution is 2.35. The second kappa shape index (κ2) is 12.3. The highest BCUT2D eigenvalue weighted by Gasteiger charge is 2.37. The van der Waals surface area contributed by atoms with Gasteiger partial charge in [-0.15, -0.1) is 0 Å². The van der Waals surface area contributed by atoms with Gasteiger partial charge in [0.15, 0.2) is 0 Å². The molecule has 0 radical (unpaired) electrons. The Labute approximate surface area is 242 Å². The first-order valence-corrected chi connectivity index (χ1v) is 15.9. The molecular weight excluding hydrogens is 538 g/mol. The molecule has 2 unspecified atom stereocenters. The summed E-state index contributed by atoms with van der Waals surface area (Å²) in [6.45, 7) is 5.63. The summed E-state index contributed by atoms with van der Waals surface area (Å²) in [6.07, 6.45) is 1.43. The van der Waals surface area contributed by atoms with E-state index in [1.807, 2.05) is 24.3 Å². The number of ether oxygens (including phenoxy) is 2. The molecule has 1 saturated heterocycles. The third-order valence-electron chi connectivity index (χ3n) is 8.38. The number of morpholine rings is 1. The van der Waals surface area contributed by atoms with Crippen molar-refractivity contribution < 1.29 is 22.7 Å². The van der Waals surface area contributed by atoms with Gasteiger partial charge in [-0.25, -0.2) is 8.42 Å². The van der Waals surface area contributed by atoms with E-state index in [9.17, 15) is 13.2 Å². The van der Waals surface area contributed by atoms with Crippen molar-refractivity contribution in [2.75, 3.05) is 39.5 Å². The van der Waals surface area contributed by atoms with Gasteiger partial charge in [-0.3, -0.25) is 9.69 Å². The molecule has 2 atom stereocenters. The van der Waals surface area contributed by atoms with Crippen molar-refractivity contribution in [3.63, 3.8) is 0 Å². The largest absolute Gasteiger partial charge is 0.493 e. The highest BCUT2D eigenvalue weighted by atomic mass is 32.2. The molecule has 3 aromatic rings. The summed E-state index contributed by atoms with van der Waals surface area (Å²) in [6, 6.07) is 22.3. The second-order valence-electron chi connectivity index (χ2n) is 11.1. The minimum absolute atomic E-state index is 0.106. The molecule has 3 aliphatic heterocycles. The number of benzene rings is 3. The van der Waals surface area contributed by atoms with E-state index in [1.54, 1.807) is 30.3 Å². The smallest absolute Gasteiger partial charge is 0.243 e. The van der Waals surface area contributed by atoms with Gasteiger partial charge >= 0.3 is 0 Å². The summed E-state index contributed by atoms with van der Waals surface area (Å²) in [4.78, 5) is 15.9. The van der Waals surface area contributed by atoms with Crippen LogP contribution < -0.4 is 10.1 Å². The number of amides is 1. The van der Waals surface area contributed by atoms with Crippen LogP contribution in [0.3, 0.4) is 0 Å². The summed E-state index contributed by atoms with van der Waals surface area (Å²) in [5.41, 5.74) is 4.40. The van der Waals surface area contributed by atoms with Crippen molar-refractivity contribution in [3.8, 4) is 5.75 Å². The fourth-order valence-electron chi connectivity index (χ4n) is 6.11. The molecule has 0 aromatic heterocycles. The molecule has 216 valence electrons. The lowest BCUT2D eigenvalue weighted by Crippen LogP contribution is -2.46. The first-order valence-electron chi connectivity index (χ1n) is 14.4. The molecule has 3 aliphatic rings. The van der Waals surface area contributed by atoms with Gasteiger partial charge in [0.1, 0.15) is 5.75 Å². The van der Waals surface area contributed by atoms with Gasteiger partial charge in [-0.2, -0.15) is 4.31 Å².